The summed E-state index contributed by atoms with van der Waals surface area (Å²) in [6, 6.07) is 2.77. The van der Waals surface area contributed by atoms with Gasteiger partial charge in [-0.1, -0.05) is 0 Å². The minimum atomic E-state index is -1.05. The van der Waals surface area contributed by atoms with Crippen LogP contribution in [0.4, 0.5) is 0 Å². The van der Waals surface area contributed by atoms with E-state index in [1.807, 2.05) is 0 Å². The molecule has 0 atom stereocenters. The Morgan fingerprint density at radius 1 is 1.50 bits per heavy atom. The number of oxazole rings is 1. The molecule has 2 aromatic heterocycles. The van der Waals surface area contributed by atoms with Gasteiger partial charge in [0, 0.05) is 6.20 Å². The molecule has 104 valence electrons. The fourth-order valence-corrected chi connectivity index (χ4v) is 2.01. The summed E-state index contributed by atoms with van der Waals surface area (Å²) in [6.07, 6.45) is 2.56. The first kappa shape index (κ1) is 14.1. The molecule has 8 heteroatoms. The second-order valence-electron chi connectivity index (χ2n) is 3.51. The molecule has 0 saturated carbocycles. The standard InChI is InChI=1S/C12H10N2O5S/c1-2-18-11(17)8-6-19-12(14-8)20-9-5-7(10(15)16)3-4-13-9/h3-6H,2H2,1H3,(H,15,16). The minimum absolute atomic E-state index is 0.0590. The molecule has 2 rings (SSSR count). The summed E-state index contributed by atoms with van der Waals surface area (Å²) >= 11 is 1.02. The lowest BCUT2D eigenvalue weighted by Crippen LogP contribution is -2.04. The van der Waals surface area contributed by atoms with E-state index < -0.39 is 11.9 Å². The van der Waals surface area contributed by atoms with Crippen molar-refractivity contribution in [3.8, 4) is 0 Å². The molecule has 0 radical (unpaired) electrons. The molecule has 2 heterocycles. The van der Waals surface area contributed by atoms with Crippen molar-refractivity contribution < 1.29 is 23.8 Å². The van der Waals surface area contributed by atoms with Gasteiger partial charge in [-0.05, 0) is 30.8 Å². The third-order valence-electron chi connectivity index (χ3n) is 2.14. The van der Waals surface area contributed by atoms with Crippen LogP contribution in [0, 0.1) is 0 Å². The highest BCUT2D eigenvalue weighted by Gasteiger charge is 2.15. The summed E-state index contributed by atoms with van der Waals surface area (Å²) in [6.45, 7) is 1.94. The molecule has 0 unspecified atom stereocenters. The van der Waals surface area contributed by atoms with E-state index in [1.54, 1.807) is 6.92 Å². The van der Waals surface area contributed by atoms with Crippen molar-refractivity contribution >= 4 is 23.7 Å². The van der Waals surface area contributed by atoms with E-state index in [2.05, 4.69) is 9.97 Å². The zero-order valence-corrected chi connectivity index (χ0v) is 11.2. The average molecular weight is 294 g/mol. The lowest BCUT2D eigenvalue weighted by Gasteiger charge is -1.98. The maximum Gasteiger partial charge on any atom is 0.360 e. The summed E-state index contributed by atoms with van der Waals surface area (Å²) in [5, 5.41) is 9.46. The van der Waals surface area contributed by atoms with Crippen LogP contribution in [0.1, 0.15) is 27.8 Å². The molecule has 7 nitrogen and oxygen atoms in total. The minimum Gasteiger partial charge on any atom is -0.478 e. The summed E-state index contributed by atoms with van der Waals surface area (Å²) in [5.74, 6) is -1.62. The Balaban J connectivity index is 2.12. The van der Waals surface area contributed by atoms with E-state index in [9.17, 15) is 9.59 Å². The van der Waals surface area contributed by atoms with E-state index in [1.165, 1.54) is 24.6 Å². The van der Waals surface area contributed by atoms with Gasteiger partial charge in [-0.3, -0.25) is 0 Å². The average Bonchev–Trinajstić information content (AvgIpc) is 2.88. The van der Waals surface area contributed by atoms with Crippen LogP contribution in [0.25, 0.3) is 0 Å². The molecule has 0 aromatic carbocycles. The molecule has 0 saturated heterocycles. The number of esters is 1. The van der Waals surface area contributed by atoms with E-state index in [4.69, 9.17) is 14.3 Å². The number of nitrogens with zero attached hydrogens (tertiary/aromatic N) is 2. The number of carboxylic acid groups (broad SMARTS) is 1. The topological polar surface area (TPSA) is 103 Å². The van der Waals surface area contributed by atoms with Gasteiger partial charge in [-0.25, -0.2) is 14.6 Å². The largest absolute Gasteiger partial charge is 0.478 e. The van der Waals surface area contributed by atoms with Crippen LogP contribution in [-0.2, 0) is 4.74 Å². The highest BCUT2D eigenvalue weighted by molar-refractivity contribution is 7.99. The SMILES string of the molecule is CCOC(=O)c1coc(Sc2cc(C(=O)O)ccn2)n1. The number of aromatic nitrogens is 2. The number of rotatable bonds is 5. The van der Waals surface area contributed by atoms with Gasteiger partial charge in [0.25, 0.3) is 5.22 Å². The summed E-state index contributed by atoms with van der Waals surface area (Å²) in [7, 11) is 0. The number of hydrogen-bond acceptors (Lipinski definition) is 7. The zero-order chi connectivity index (χ0) is 14.5. The van der Waals surface area contributed by atoms with Gasteiger partial charge >= 0.3 is 11.9 Å². The van der Waals surface area contributed by atoms with Crippen LogP contribution in [-0.4, -0.2) is 33.6 Å². The predicted molar refractivity (Wildman–Crippen MR) is 67.8 cm³/mol. The fraction of sp³-hybridized carbons (Fsp3) is 0.167. The lowest BCUT2D eigenvalue weighted by molar-refractivity contribution is 0.0518. The molecule has 20 heavy (non-hydrogen) atoms. The molecule has 1 N–H and O–H groups in total. The number of carbonyl (C=O) groups is 2. The molecular weight excluding hydrogens is 284 g/mol. The molecule has 0 fully saturated rings. The Morgan fingerprint density at radius 3 is 3.00 bits per heavy atom. The van der Waals surface area contributed by atoms with Crippen LogP contribution in [0.2, 0.25) is 0 Å². The maximum absolute atomic E-state index is 11.4. The van der Waals surface area contributed by atoms with Crippen molar-refractivity contribution in [2.24, 2.45) is 0 Å². The number of carbonyl (C=O) groups excluding carboxylic acids is 1. The van der Waals surface area contributed by atoms with Gasteiger partial charge in [-0.15, -0.1) is 0 Å². The fourth-order valence-electron chi connectivity index (χ4n) is 1.29. The van der Waals surface area contributed by atoms with Crippen LogP contribution in [0.3, 0.4) is 0 Å². The van der Waals surface area contributed by atoms with Gasteiger partial charge in [0.2, 0.25) is 0 Å². The van der Waals surface area contributed by atoms with E-state index in [0.717, 1.165) is 11.8 Å². The first-order chi connectivity index (χ1) is 9.60. The van der Waals surface area contributed by atoms with Crippen molar-refractivity contribution in [2.45, 2.75) is 17.2 Å². The van der Waals surface area contributed by atoms with Crippen molar-refractivity contribution in [2.75, 3.05) is 6.61 Å². The van der Waals surface area contributed by atoms with Crippen LogP contribution in [0.15, 0.2) is 39.3 Å². The van der Waals surface area contributed by atoms with Crippen molar-refractivity contribution in [1.82, 2.24) is 9.97 Å². The zero-order valence-electron chi connectivity index (χ0n) is 10.4. The van der Waals surface area contributed by atoms with Crippen molar-refractivity contribution in [1.29, 1.82) is 0 Å². The molecule has 0 aliphatic rings. The monoisotopic (exact) mass is 294 g/mol. The lowest BCUT2D eigenvalue weighted by atomic mass is 10.3. The summed E-state index contributed by atoms with van der Waals surface area (Å²) in [4.78, 5) is 30.2. The number of ether oxygens (including phenoxy) is 1. The van der Waals surface area contributed by atoms with Crippen molar-refractivity contribution in [3.05, 3.63) is 35.9 Å². The third kappa shape index (κ3) is 3.35. The van der Waals surface area contributed by atoms with E-state index in [-0.39, 0.29) is 23.1 Å². The van der Waals surface area contributed by atoms with Gasteiger partial charge < -0.3 is 14.3 Å². The number of pyridine rings is 1. The Labute approximate surface area is 118 Å². The molecule has 0 bridgehead atoms. The molecule has 0 aliphatic carbocycles. The Bertz CT molecular complexity index is 640. The molecule has 0 aliphatic heterocycles. The highest BCUT2D eigenvalue weighted by Crippen LogP contribution is 2.25. The molecule has 0 spiro atoms. The van der Waals surface area contributed by atoms with E-state index >= 15 is 0 Å². The molecule has 2 aromatic rings. The van der Waals surface area contributed by atoms with Crippen LogP contribution < -0.4 is 0 Å². The summed E-state index contributed by atoms with van der Waals surface area (Å²) < 4.78 is 9.88. The summed E-state index contributed by atoms with van der Waals surface area (Å²) in [5.41, 5.74) is 0.170. The maximum atomic E-state index is 11.4. The molecular formula is C12H10N2O5S. The normalized spacial score (nSPS) is 10.2. The van der Waals surface area contributed by atoms with Gasteiger partial charge in [0.15, 0.2) is 5.69 Å². The van der Waals surface area contributed by atoms with Gasteiger partial charge in [0.05, 0.1) is 12.2 Å². The third-order valence-corrected chi connectivity index (χ3v) is 2.94. The van der Waals surface area contributed by atoms with Crippen LogP contribution >= 0.6 is 11.8 Å². The first-order valence-corrected chi connectivity index (χ1v) is 6.41. The Hall–Kier alpha value is -2.35. The second kappa shape index (κ2) is 6.20. The molecule has 0 amide bonds. The Morgan fingerprint density at radius 2 is 2.30 bits per heavy atom. The van der Waals surface area contributed by atoms with Crippen LogP contribution in [0.5, 0.6) is 0 Å². The van der Waals surface area contributed by atoms with E-state index in [0.29, 0.717) is 5.03 Å². The predicted octanol–water partition coefficient (Wildman–Crippen LogP) is 2.10. The first-order valence-electron chi connectivity index (χ1n) is 5.60. The number of aromatic carboxylic acids is 1. The Kier molecular flexibility index (Phi) is 4.36. The highest BCUT2D eigenvalue weighted by atomic mass is 32.2. The number of hydrogen-bond donors (Lipinski definition) is 1. The second-order valence-corrected chi connectivity index (χ2v) is 4.48. The van der Waals surface area contributed by atoms with Crippen molar-refractivity contribution in [3.63, 3.8) is 0 Å². The smallest absolute Gasteiger partial charge is 0.360 e. The quantitative estimate of drug-likeness (QED) is 0.836. The van der Waals surface area contributed by atoms with Gasteiger partial charge in [-0.2, -0.15) is 4.98 Å². The number of carboxylic acids is 1. The van der Waals surface area contributed by atoms with Gasteiger partial charge in [0.1, 0.15) is 11.3 Å².